The molecular formula is C24H29Cl2N3O5. The standard InChI is InChI=1S/C24H29Cl2N3O5/c1-13-18(21(30)28-6-8-29(9-7-28)23(33)34-24(3,4)5)20(19(22(31)32)14(2)27-13)15-10-16(25)12-17(26)11-15/h10-12,19-20H,6-9H2,1-5H3,(H,31,32). The topological polar surface area (TPSA) is 99.5 Å². The molecule has 0 bridgehead atoms. The summed E-state index contributed by atoms with van der Waals surface area (Å²) in [6.07, 6.45) is -0.426. The van der Waals surface area contributed by atoms with Gasteiger partial charge in [-0.3, -0.25) is 14.6 Å². The first-order valence-electron chi connectivity index (χ1n) is 11.0. The third kappa shape index (κ3) is 5.73. The van der Waals surface area contributed by atoms with Crippen molar-refractivity contribution in [3.8, 4) is 0 Å². The minimum atomic E-state index is -1.09. The molecule has 0 aliphatic carbocycles. The van der Waals surface area contributed by atoms with Gasteiger partial charge < -0.3 is 19.6 Å². The second kappa shape index (κ2) is 9.96. The van der Waals surface area contributed by atoms with Crippen LogP contribution in [0.1, 0.15) is 46.1 Å². The molecule has 2 unspecified atom stereocenters. The number of hydrogen-bond donors (Lipinski definition) is 1. The average molecular weight is 510 g/mol. The van der Waals surface area contributed by atoms with Gasteiger partial charge in [0.2, 0.25) is 0 Å². The predicted molar refractivity (Wildman–Crippen MR) is 131 cm³/mol. The monoisotopic (exact) mass is 509 g/mol. The third-order valence-corrected chi connectivity index (χ3v) is 6.22. The Morgan fingerprint density at radius 3 is 2.03 bits per heavy atom. The van der Waals surface area contributed by atoms with E-state index < -0.39 is 29.5 Å². The SMILES string of the molecule is CC1=NC(C)=C(C(=O)N2CCN(C(=O)OC(C)(C)C)CC2)C(c2cc(Cl)cc(Cl)c2)C1C(=O)O. The summed E-state index contributed by atoms with van der Waals surface area (Å²) in [7, 11) is 0. The van der Waals surface area contributed by atoms with Crippen LogP contribution in [0.4, 0.5) is 4.79 Å². The number of allylic oxidation sites excluding steroid dienone is 1. The normalized spacial score (nSPS) is 21.3. The zero-order chi connectivity index (χ0) is 25.4. The summed E-state index contributed by atoms with van der Waals surface area (Å²) in [5.41, 5.74) is 1.07. The number of aliphatic imine (C=N–C) groups is 1. The van der Waals surface area contributed by atoms with Crippen molar-refractivity contribution >= 4 is 46.9 Å². The number of benzene rings is 1. The average Bonchev–Trinajstić information content (AvgIpc) is 2.70. The molecule has 2 aliphatic rings. The summed E-state index contributed by atoms with van der Waals surface area (Å²) < 4.78 is 5.42. The van der Waals surface area contributed by atoms with E-state index in [0.29, 0.717) is 45.7 Å². The van der Waals surface area contributed by atoms with Crippen molar-refractivity contribution in [2.24, 2.45) is 10.9 Å². The number of halogens is 2. The van der Waals surface area contributed by atoms with Crippen LogP contribution in [0.2, 0.25) is 10.0 Å². The lowest BCUT2D eigenvalue weighted by molar-refractivity contribution is -0.140. The van der Waals surface area contributed by atoms with Crippen molar-refractivity contribution in [2.75, 3.05) is 26.2 Å². The molecule has 0 radical (unpaired) electrons. The van der Waals surface area contributed by atoms with E-state index in [4.69, 9.17) is 27.9 Å². The van der Waals surface area contributed by atoms with Gasteiger partial charge in [-0.1, -0.05) is 23.2 Å². The number of carboxylic acids is 1. The van der Waals surface area contributed by atoms with Crippen molar-refractivity contribution in [2.45, 2.75) is 46.1 Å². The third-order valence-electron chi connectivity index (χ3n) is 5.79. The van der Waals surface area contributed by atoms with E-state index in [9.17, 15) is 19.5 Å². The number of ether oxygens (including phenoxy) is 1. The van der Waals surface area contributed by atoms with Gasteiger partial charge in [0, 0.05) is 59.1 Å². The van der Waals surface area contributed by atoms with Gasteiger partial charge in [-0.25, -0.2) is 4.79 Å². The van der Waals surface area contributed by atoms with E-state index >= 15 is 0 Å². The van der Waals surface area contributed by atoms with E-state index in [2.05, 4.69) is 4.99 Å². The first-order chi connectivity index (χ1) is 15.8. The number of piperazine rings is 1. The Balaban J connectivity index is 1.91. The molecular weight excluding hydrogens is 481 g/mol. The molecule has 2 heterocycles. The van der Waals surface area contributed by atoms with Gasteiger partial charge in [-0.05, 0) is 58.4 Å². The van der Waals surface area contributed by atoms with Crippen molar-refractivity contribution in [1.82, 2.24) is 9.80 Å². The Morgan fingerprint density at radius 1 is 1.00 bits per heavy atom. The maximum atomic E-state index is 13.7. The molecule has 0 saturated carbocycles. The Labute approximate surface area is 209 Å². The summed E-state index contributed by atoms with van der Waals surface area (Å²) in [5, 5.41) is 10.7. The molecule has 1 aromatic carbocycles. The van der Waals surface area contributed by atoms with Crippen molar-refractivity contribution < 1.29 is 24.2 Å². The molecule has 2 amide bonds. The van der Waals surface area contributed by atoms with Crippen LogP contribution in [-0.2, 0) is 14.3 Å². The number of carbonyl (C=O) groups excluding carboxylic acids is 2. The molecule has 184 valence electrons. The van der Waals surface area contributed by atoms with Crippen LogP contribution in [0.5, 0.6) is 0 Å². The van der Waals surface area contributed by atoms with Gasteiger partial charge in [0.05, 0.1) is 0 Å². The largest absolute Gasteiger partial charge is 0.481 e. The summed E-state index contributed by atoms with van der Waals surface area (Å²) in [6, 6.07) is 4.82. The highest BCUT2D eigenvalue weighted by atomic mass is 35.5. The summed E-state index contributed by atoms with van der Waals surface area (Å²) in [4.78, 5) is 45.9. The smallest absolute Gasteiger partial charge is 0.410 e. The predicted octanol–water partition coefficient (Wildman–Crippen LogP) is 4.61. The molecule has 1 N–H and O–H groups in total. The number of amides is 2. The van der Waals surface area contributed by atoms with E-state index in [1.54, 1.807) is 62.6 Å². The minimum Gasteiger partial charge on any atom is -0.481 e. The number of rotatable bonds is 3. The summed E-state index contributed by atoms with van der Waals surface area (Å²) in [6.45, 7) is 9.94. The Hall–Kier alpha value is -2.58. The van der Waals surface area contributed by atoms with Crippen LogP contribution in [0.15, 0.2) is 34.5 Å². The molecule has 2 aliphatic heterocycles. The van der Waals surface area contributed by atoms with Gasteiger partial charge in [0.25, 0.3) is 5.91 Å². The number of nitrogens with zero attached hydrogens (tertiary/aromatic N) is 3. The van der Waals surface area contributed by atoms with E-state index in [1.165, 1.54) is 0 Å². The van der Waals surface area contributed by atoms with Crippen LogP contribution >= 0.6 is 23.2 Å². The minimum absolute atomic E-state index is 0.290. The molecule has 0 aromatic heterocycles. The number of hydrogen-bond acceptors (Lipinski definition) is 5. The lowest BCUT2D eigenvalue weighted by Gasteiger charge is -2.38. The number of aliphatic carboxylic acids is 1. The summed E-state index contributed by atoms with van der Waals surface area (Å²) >= 11 is 12.4. The molecule has 8 nitrogen and oxygen atoms in total. The zero-order valence-corrected chi connectivity index (χ0v) is 21.4. The van der Waals surface area contributed by atoms with Crippen LogP contribution in [0.3, 0.4) is 0 Å². The second-order valence-corrected chi connectivity index (χ2v) is 10.4. The highest BCUT2D eigenvalue weighted by molar-refractivity contribution is 6.34. The Kier molecular flexibility index (Phi) is 7.62. The molecule has 10 heteroatoms. The highest BCUT2D eigenvalue weighted by Gasteiger charge is 2.43. The lowest BCUT2D eigenvalue weighted by atomic mass is 9.75. The van der Waals surface area contributed by atoms with Crippen LogP contribution in [0.25, 0.3) is 0 Å². The van der Waals surface area contributed by atoms with Gasteiger partial charge in [-0.2, -0.15) is 0 Å². The first kappa shape index (κ1) is 26.0. The molecule has 3 rings (SSSR count). The van der Waals surface area contributed by atoms with Crippen molar-refractivity contribution in [3.05, 3.63) is 45.1 Å². The Morgan fingerprint density at radius 2 is 1.53 bits per heavy atom. The van der Waals surface area contributed by atoms with Crippen molar-refractivity contribution in [3.63, 3.8) is 0 Å². The van der Waals surface area contributed by atoms with Crippen LogP contribution in [-0.4, -0.2) is 70.4 Å². The molecule has 34 heavy (non-hydrogen) atoms. The first-order valence-corrected chi connectivity index (χ1v) is 11.8. The van der Waals surface area contributed by atoms with E-state index in [1.807, 2.05) is 0 Å². The molecule has 0 spiro atoms. The zero-order valence-electron chi connectivity index (χ0n) is 19.9. The second-order valence-electron chi connectivity index (χ2n) is 9.51. The fourth-order valence-electron chi connectivity index (χ4n) is 4.34. The number of carboxylic acid groups (broad SMARTS) is 1. The van der Waals surface area contributed by atoms with E-state index in [0.717, 1.165) is 0 Å². The maximum Gasteiger partial charge on any atom is 0.410 e. The van der Waals surface area contributed by atoms with Crippen molar-refractivity contribution in [1.29, 1.82) is 0 Å². The molecule has 1 saturated heterocycles. The number of carbonyl (C=O) groups is 3. The maximum absolute atomic E-state index is 13.7. The quantitative estimate of drug-likeness (QED) is 0.641. The Bertz CT molecular complexity index is 1050. The van der Waals surface area contributed by atoms with Crippen LogP contribution < -0.4 is 0 Å². The van der Waals surface area contributed by atoms with Gasteiger partial charge in [-0.15, -0.1) is 0 Å². The van der Waals surface area contributed by atoms with Gasteiger partial charge >= 0.3 is 12.1 Å². The lowest BCUT2D eigenvalue weighted by Crippen LogP contribution is -2.52. The summed E-state index contributed by atoms with van der Waals surface area (Å²) in [5.74, 6) is -3.25. The fraction of sp³-hybridized carbons (Fsp3) is 0.500. The molecule has 1 aromatic rings. The van der Waals surface area contributed by atoms with Gasteiger partial charge in [0.15, 0.2) is 0 Å². The van der Waals surface area contributed by atoms with E-state index in [-0.39, 0.29) is 19.0 Å². The molecule has 1 fully saturated rings. The van der Waals surface area contributed by atoms with Gasteiger partial charge in [0.1, 0.15) is 11.5 Å². The van der Waals surface area contributed by atoms with Crippen LogP contribution in [0, 0.1) is 5.92 Å². The highest BCUT2D eigenvalue weighted by Crippen LogP contribution is 2.41. The fourth-order valence-corrected chi connectivity index (χ4v) is 4.88. The molecule has 2 atom stereocenters.